The lowest BCUT2D eigenvalue weighted by Crippen LogP contribution is -2.60. The molecule has 0 saturated heterocycles. The van der Waals surface area contributed by atoms with Crippen molar-refractivity contribution in [3.63, 3.8) is 0 Å². The van der Waals surface area contributed by atoms with Crippen LogP contribution < -0.4 is 0 Å². The molecule has 5 heteroatoms. The van der Waals surface area contributed by atoms with Crippen LogP contribution >= 0.6 is 11.6 Å². The smallest absolute Gasteiger partial charge is 0.314 e. The molecule has 0 amide bonds. The van der Waals surface area contributed by atoms with Crippen molar-refractivity contribution in [1.82, 2.24) is 0 Å². The summed E-state index contributed by atoms with van der Waals surface area (Å²) in [5, 5.41) is 10.0. The summed E-state index contributed by atoms with van der Waals surface area (Å²) < 4.78 is 10.5. The van der Waals surface area contributed by atoms with Crippen molar-refractivity contribution in [1.29, 1.82) is 0 Å². The molecule has 1 N–H and O–H groups in total. The van der Waals surface area contributed by atoms with Crippen LogP contribution in [0, 0.1) is 0 Å². The summed E-state index contributed by atoms with van der Waals surface area (Å²) in [5.41, 5.74) is -0.288. The Kier molecular flexibility index (Phi) is 3.36. The third kappa shape index (κ3) is 1.90. The Morgan fingerprint density at radius 1 is 1.33 bits per heavy atom. The number of rotatable bonds is 4. The molecule has 0 aromatic heterocycles. The first kappa shape index (κ1) is 13.3. The summed E-state index contributed by atoms with van der Waals surface area (Å²) in [7, 11) is 3.04. The van der Waals surface area contributed by atoms with E-state index in [0.29, 0.717) is 10.6 Å². The lowest BCUT2D eigenvalue weighted by atomic mass is 9.60. The fraction of sp³-hybridized carbons (Fsp3) is 0.462. The van der Waals surface area contributed by atoms with E-state index in [9.17, 15) is 9.90 Å². The molecular formula is C13H15ClO4. The standard InChI is InChI=1S/C13H15ClO4/c1-17-13(18-2)7-12(8-13,11(15)16)9-4-3-5-10(14)6-9/h3-6H,7-8H2,1-2H3,(H,15,16). The van der Waals surface area contributed by atoms with Crippen LogP contribution in [0.25, 0.3) is 0 Å². The molecule has 0 spiro atoms. The maximum Gasteiger partial charge on any atom is 0.314 e. The maximum absolute atomic E-state index is 11.6. The summed E-state index contributed by atoms with van der Waals surface area (Å²) in [6, 6.07) is 6.93. The normalized spacial score (nSPS) is 20.2. The number of hydrogen-bond acceptors (Lipinski definition) is 3. The molecule has 1 fully saturated rings. The minimum atomic E-state index is -0.975. The SMILES string of the molecule is COC1(OC)CC(C(=O)O)(c2cccc(Cl)c2)C1. The third-order valence-corrected chi connectivity index (χ3v) is 3.91. The summed E-state index contributed by atoms with van der Waals surface area (Å²) in [5.74, 6) is -1.68. The van der Waals surface area contributed by atoms with E-state index < -0.39 is 17.2 Å². The van der Waals surface area contributed by atoms with Crippen molar-refractivity contribution >= 4 is 17.6 Å². The molecule has 0 radical (unpaired) electrons. The van der Waals surface area contributed by atoms with Gasteiger partial charge in [-0.3, -0.25) is 4.79 Å². The first-order chi connectivity index (χ1) is 8.48. The molecule has 1 saturated carbocycles. The maximum atomic E-state index is 11.6. The van der Waals surface area contributed by atoms with Gasteiger partial charge in [0.15, 0.2) is 5.79 Å². The highest BCUT2D eigenvalue weighted by Crippen LogP contribution is 2.52. The van der Waals surface area contributed by atoms with E-state index in [4.69, 9.17) is 21.1 Å². The molecule has 0 aliphatic heterocycles. The van der Waals surface area contributed by atoms with E-state index in [1.807, 2.05) is 0 Å². The average molecular weight is 271 g/mol. The number of carboxylic acid groups (broad SMARTS) is 1. The summed E-state index contributed by atoms with van der Waals surface area (Å²) >= 11 is 5.92. The fourth-order valence-electron chi connectivity index (χ4n) is 2.50. The predicted octanol–water partition coefficient (Wildman–Crippen LogP) is 2.45. The quantitative estimate of drug-likeness (QED) is 0.854. The van der Waals surface area contributed by atoms with E-state index >= 15 is 0 Å². The van der Waals surface area contributed by atoms with Gasteiger partial charge in [-0.2, -0.15) is 0 Å². The number of hydrogen-bond donors (Lipinski definition) is 1. The molecule has 1 aliphatic rings. The van der Waals surface area contributed by atoms with Gasteiger partial charge in [0, 0.05) is 32.1 Å². The molecule has 2 rings (SSSR count). The topological polar surface area (TPSA) is 55.8 Å². The molecule has 18 heavy (non-hydrogen) atoms. The first-order valence-corrected chi connectivity index (χ1v) is 5.96. The van der Waals surface area contributed by atoms with E-state index in [1.54, 1.807) is 24.3 Å². The summed E-state index contributed by atoms with van der Waals surface area (Å²) in [6.07, 6.45) is 0.561. The Morgan fingerprint density at radius 3 is 2.39 bits per heavy atom. The molecule has 1 aromatic carbocycles. The van der Waals surface area contributed by atoms with Crippen LogP contribution in [0.5, 0.6) is 0 Å². The molecule has 1 aliphatic carbocycles. The summed E-state index contributed by atoms with van der Waals surface area (Å²) in [6.45, 7) is 0. The van der Waals surface area contributed by atoms with Crippen molar-refractivity contribution in [3.05, 3.63) is 34.9 Å². The largest absolute Gasteiger partial charge is 0.481 e. The average Bonchev–Trinajstić information content (AvgIpc) is 2.29. The minimum absolute atomic E-state index is 0.280. The minimum Gasteiger partial charge on any atom is -0.481 e. The Morgan fingerprint density at radius 2 is 1.94 bits per heavy atom. The van der Waals surface area contributed by atoms with Crippen LogP contribution in [0.2, 0.25) is 5.02 Å². The van der Waals surface area contributed by atoms with Crippen LogP contribution in [0.4, 0.5) is 0 Å². The van der Waals surface area contributed by atoms with Crippen molar-refractivity contribution in [2.75, 3.05) is 14.2 Å². The Bertz CT molecular complexity index is 460. The van der Waals surface area contributed by atoms with Crippen molar-refractivity contribution in [2.24, 2.45) is 0 Å². The number of methoxy groups -OCH3 is 2. The van der Waals surface area contributed by atoms with Gasteiger partial charge in [-0.1, -0.05) is 23.7 Å². The number of benzene rings is 1. The zero-order valence-corrected chi connectivity index (χ0v) is 11.0. The van der Waals surface area contributed by atoms with Gasteiger partial charge < -0.3 is 14.6 Å². The van der Waals surface area contributed by atoms with Crippen LogP contribution in [0.3, 0.4) is 0 Å². The van der Waals surface area contributed by atoms with E-state index in [-0.39, 0.29) is 12.8 Å². The Balaban J connectivity index is 2.35. The van der Waals surface area contributed by atoms with Gasteiger partial charge in [0.05, 0.1) is 0 Å². The van der Waals surface area contributed by atoms with Gasteiger partial charge in [-0.15, -0.1) is 0 Å². The third-order valence-electron chi connectivity index (χ3n) is 3.67. The molecule has 4 nitrogen and oxygen atoms in total. The van der Waals surface area contributed by atoms with Gasteiger partial charge in [-0.25, -0.2) is 0 Å². The lowest BCUT2D eigenvalue weighted by Gasteiger charge is -2.51. The lowest BCUT2D eigenvalue weighted by molar-refractivity contribution is -0.277. The van der Waals surface area contributed by atoms with Gasteiger partial charge in [0.2, 0.25) is 0 Å². The van der Waals surface area contributed by atoms with Gasteiger partial charge in [-0.05, 0) is 17.7 Å². The van der Waals surface area contributed by atoms with Crippen molar-refractivity contribution < 1.29 is 19.4 Å². The number of carbonyl (C=O) groups is 1. The second kappa shape index (κ2) is 4.53. The fourth-order valence-corrected chi connectivity index (χ4v) is 2.70. The molecular weight excluding hydrogens is 256 g/mol. The van der Waals surface area contributed by atoms with Crippen molar-refractivity contribution in [3.8, 4) is 0 Å². The molecule has 0 unspecified atom stereocenters. The van der Waals surface area contributed by atoms with E-state index in [2.05, 4.69) is 0 Å². The monoisotopic (exact) mass is 270 g/mol. The Labute approximate surface area is 110 Å². The molecule has 0 heterocycles. The second-order valence-electron chi connectivity index (χ2n) is 4.57. The highest BCUT2D eigenvalue weighted by atomic mass is 35.5. The summed E-state index contributed by atoms with van der Waals surface area (Å²) in [4.78, 5) is 11.6. The molecule has 98 valence electrons. The van der Waals surface area contributed by atoms with E-state index in [1.165, 1.54) is 14.2 Å². The molecule has 0 atom stereocenters. The van der Waals surface area contributed by atoms with Gasteiger partial charge >= 0.3 is 5.97 Å². The predicted molar refractivity (Wildman–Crippen MR) is 66.7 cm³/mol. The highest BCUT2D eigenvalue weighted by molar-refractivity contribution is 6.30. The van der Waals surface area contributed by atoms with Crippen molar-refractivity contribution in [2.45, 2.75) is 24.0 Å². The zero-order valence-electron chi connectivity index (χ0n) is 10.3. The first-order valence-electron chi connectivity index (χ1n) is 5.58. The number of ether oxygens (including phenoxy) is 2. The van der Waals surface area contributed by atoms with Crippen LogP contribution in [0.1, 0.15) is 18.4 Å². The Hall–Kier alpha value is -1.10. The number of halogens is 1. The van der Waals surface area contributed by atoms with Gasteiger partial charge in [0.1, 0.15) is 5.41 Å². The van der Waals surface area contributed by atoms with Crippen LogP contribution in [-0.4, -0.2) is 31.1 Å². The molecule has 0 bridgehead atoms. The number of aliphatic carboxylic acids is 1. The van der Waals surface area contributed by atoms with Gasteiger partial charge in [0.25, 0.3) is 0 Å². The van der Waals surface area contributed by atoms with Crippen LogP contribution in [-0.2, 0) is 19.7 Å². The van der Waals surface area contributed by atoms with Crippen LogP contribution in [0.15, 0.2) is 24.3 Å². The molecule has 1 aromatic rings. The zero-order chi connectivity index (χ0) is 13.4. The second-order valence-corrected chi connectivity index (χ2v) is 5.01. The highest BCUT2D eigenvalue weighted by Gasteiger charge is 2.61. The number of carboxylic acids is 1. The van der Waals surface area contributed by atoms with E-state index in [0.717, 1.165) is 0 Å².